The van der Waals surface area contributed by atoms with Gasteiger partial charge in [-0.2, -0.15) is 0 Å². The third-order valence-corrected chi connectivity index (χ3v) is 9.36. The van der Waals surface area contributed by atoms with Gasteiger partial charge in [0.1, 0.15) is 5.69 Å². The van der Waals surface area contributed by atoms with Gasteiger partial charge in [0.15, 0.2) is 0 Å². The molecule has 8 nitrogen and oxygen atoms in total. The lowest BCUT2D eigenvalue weighted by atomic mass is 9.75. The number of nitrogens with zero attached hydrogens (tertiary/aromatic N) is 3. The van der Waals surface area contributed by atoms with E-state index in [4.69, 9.17) is 15.3 Å². The Hall–Kier alpha value is -2.58. The van der Waals surface area contributed by atoms with Gasteiger partial charge in [-0.05, 0) is 56.1 Å². The maximum atomic E-state index is 13.8. The second-order valence-electron chi connectivity index (χ2n) is 11.8. The third-order valence-electron chi connectivity index (χ3n) is 9.36. The van der Waals surface area contributed by atoms with Crippen molar-refractivity contribution in [3.8, 4) is 0 Å². The highest BCUT2D eigenvalue weighted by Crippen LogP contribution is 2.44. The molecule has 5 atom stereocenters. The van der Waals surface area contributed by atoms with Crippen LogP contribution < -0.4 is 5.56 Å². The van der Waals surface area contributed by atoms with Crippen molar-refractivity contribution >= 4 is 22.7 Å². The molecule has 2 aliphatic heterocycles. The van der Waals surface area contributed by atoms with E-state index in [-0.39, 0.29) is 47.9 Å². The number of morpholine rings is 1. The molecule has 4 fully saturated rings. The summed E-state index contributed by atoms with van der Waals surface area (Å²) in [6.07, 6.45) is 11.0. The minimum Gasteiger partial charge on any atom is -0.481 e. The molecule has 37 heavy (non-hydrogen) atoms. The van der Waals surface area contributed by atoms with E-state index in [9.17, 15) is 9.59 Å². The quantitative estimate of drug-likeness (QED) is 0.563. The molecule has 3 unspecified atom stereocenters. The standard InChI is InChI=1S/C29H38N4O4/c30-24(9-10-27(34)35)28-29(36)33(26-8-4-3-7-25(26)31-28)21-14-22-16-37-17-23(15-21)32(22)20-12-18-5-1-2-6-19(11-18)13-20/h3-4,7-8,18-23,30H,1-2,5-6,9-17H2,(H,34,35)/t18?,19?,20?,21?,22-,23+. The number of hydrogen-bond donors (Lipinski definition) is 2. The molecule has 2 N–H and O–H groups in total. The van der Waals surface area contributed by atoms with Crippen molar-refractivity contribution in [2.24, 2.45) is 11.8 Å². The van der Waals surface area contributed by atoms with Gasteiger partial charge in [0.05, 0.1) is 36.4 Å². The summed E-state index contributed by atoms with van der Waals surface area (Å²) in [6, 6.07) is 8.84. The summed E-state index contributed by atoms with van der Waals surface area (Å²) in [4.78, 5) is 32.2. The predicted octanol–water partition coefficient (Wildman–Crippen LogP) is 4.39. The van der Waals surface area contributed by atoms with E-state index in [1.807, 2.05) is 28.8 Å². The Kier molecular flexibility index (Phi) is 6.88. The second-order valence-corrected chi connectivity index (χ2v) is 11.8. The van der Waals surface area contributed by atoms with Crippen molar-refractivity contribution in [2.45, 2.75) is 94.8 Å². The van der Waals surface area contributed by atoms with Gasteiger partial charge in [-0.25, -0.2) is 4.98 Å². The Labute approximate surface area is 217 Å². The molecule has 0 radical (unpaired) electrons. The van der Waals surface area contributed by atoms with Gasteiger partial charge in [0.25, 0.3) is 5.56 Å². The van der Waals surface area contributed by atoms with E-state index in [0.717, 1.165) is 30.2 Å². The monoisotopic (exact) mass is 506 g/mol. The van der Waals surface area contributed by atoms with E-state index in [0.29, 0.717) is 24.8 Å². The van der Waals surface area contributed by atoms with Crippen molar-refractivity contribution in [1.82, 2.24) is 14.5 Å². The summed E-state index contributed by atoms with van der Waals surface area (Å²) in [5, 5.41) is 17.5. The van der Waals surface area contributed by atoms with Crippen LogP contribution in [-0.2, 0) is 9.53 Å². The van der Waals surface area contributed by atoms with Crippen LogP contribution in [0.5, 0.6) is 0 Å². The van der Waals surface area contributed by atoms with Gasteiger partial charge in [0.2, 0.25) is 0 Å². The molecule has 1 aromatic carbocycles. The van der Waals surface area contributed by atoms with Gasteiger partial charge in [0, 0.05) is 30.6 Å². The number of piperidine rings is 1. The summed E-state index contributed by atoms with van der Waals surface area (Å²) < 4.78 is 7.93. The fraction of sp³-hybridized carbons (Fsp3) is 0.655. The predicted molar refractivity (Wildman–Crippen MR) is 141 cm³/mol. The number of fused-ring (bicyclic) bond motifs is 5. The minimum atomic E-state index is -0.978. The second kappa shape index (κ2) is 10.3. The smallest absolute Gasteiger partial charge is 0.303 e. The van der Waals surface area contributed by atoms with Crippen LogP contribution in [-0.4, -0.2) is 62.6 Å². The molecule has 0 spiro atoms. The molecule has 2 aliphatic carbocycles. The van der Waals surface area contributed by atoms with Crippen LogP contribution in [0.3, 0.4) is 0 Å². The molecule has 6 rings (SSSR count). The largest absolute Gasteiger partial charge is 0.481 e. The Morgan fingerprint density at radius 3 is 2.30 bits per heavy atom. The van der Waals surface area contributed by atoms with Crippen LogP contribution >= 0.6 is 0 Å². The minimum absolute atomic E-state index is 0.00215. The molecule has 4 aliphatic rings. The molecular formula is C29H38N4O4. The van der Waals surface area contributed by atoms with Crippen LogP contribution in [0.15, 0.2) is 29.1 Å². The molecular weight excluding hydrogens is 468 g/mol. The van der Waals surface area contributed by atoms with Crippen molar-refractivity contribution in [2.75, 3.05) is 13.2 Å². The Morgan fingerprint density at radius 2 is 1.62 bits per heavy atom. The van der Waals surface area contributed by atoms with Gasteiger partial charge < -0.3 is 19.8 Å². The number of benzene rings is 1. The first kappa shape index (κ1) is 24.7. The molecule has 4 bridgehead atoms. The number of aromatic nitrogens is 2. The summed E-state index contributed by atoms with van der Waals surface area (Å²) >= 11 is 0. The van der Waals surface area contributed by atoms with Crippen LogP contribution in [0.1, 0.15) is 82.4 Å². The number of aliphatic carboxylic acids is 1. The van der Waals surface area contributed by atoms with Crippen molar-refractivity contribution in [3.63, 3.8) is 0 Å². The fourth-order valence-electron chi connectivity index (χ4n) is 7.90. The molecule has 3 heterocycles. The molecule has 8 heteroatoms. The summed E-state index contributed by atoms with van der Waals surface area (Å²) in [5.41, 5.74) is 1.29. The lowest BCUT2D eigenvalue weighted by Gasteiger charge is -2.54. The highest BCUT2D eigenvalue weighted by Gasteiger charge is 2.45. The van der Waals surface area contributed by atoms with Crippen molar-refractivity contribution in [3.05, 3.63) is 40.3 Å². The first-order chi connectivity index (χ1) is 18.0. The zero-order valence-corrected chi connectivity index (χ0v) is 21.5. The number of para-hydroxylation sites is 2. The number of carboxylic acids is 1. The zero-order valence-electron chi connectivity index (χ0n) is 21.5. The first-order valence-electron chi connectivity index (χ1n) is 14.1. The number of nitrogens with one attached hydrogen (secondary N) is 1. The number of carboxylic acid groups (broad SMARTS) is 1. The number of ether oxygens (including phenoxy) is 1. The lowest BCUT2D eigenvalue weighted by Crippen LogP contribution is -2.62. The Morgan fingerprint density at radius 1 is 0.946 bits per heavy atom. The van der Waals surface area contributed by atoms with Crippen LogP contribution in [0.4, 0.5) is 0 Å². The lowest BCUT2D eigenvalue weighted by molar-refractivity contribution is -0.136. The van der Waals surface area contributed by atoms with E-state index < -0.39 is 5.97 Å². The molecule has 198 valence electrons. The summed E-state index contributed by atoms with van der Waals surface area (Å²) in [5.74, 6) is 0.738. The van der Waals surface area contributed by atoms with Crippen molar-refractivity contribution in [1.29, 1.82) is 5.41 Å². The van der Waals surface area contributed by atoms with Crippen LogP contribution in [0.25, 0.3) is 11.0 Å². The van der Waals surface area contributed by atoms with Gasteiger partial charge >= 0.3 is 5.97 Å². The maximum absolute atomic E-state index is 13.8. The topological polar surface area (TPSA) is 109 Å². The number of carbonyl (C=O) groups is 1. The average Bonchev–Trinajstić information content (AvgIpc) is 3.05. The van der Waals surface area contributed by atoms with E-state index in [1.165, 1.54) is 44.9 Å². The summed E-state index contributed by atoms with van der Waals surface area (Å²) in [6.45, 7) is 1.41. The van der Waals surface area contributed by atoms with E-state index >= 15 is 0 Å². The zero-order chi connectivity index (χ0) is 25.5. The summed E-state index contributed by atoms with van der Waals surface area (Å²) in [7, 11) is 0. The first-order valence-corrected chi connectivity index (χ1v) is 14.1. The molecule has 2 saturated heterocycles. The normalized spacial score (nSPS) is 32.1. The van der Waals surface area contributed by atoms with Crippen LogP contribution in [0, 0.1) is 17.2 Å². The number of rotatable bonds is 6. The Balaban J connectivity index is 1.31. The Bertz CT molecular complexity index is 1210. The fourth-order valence-corrected chi connectivity index (χ4v) is 7.90. The average molecular weight is 507 g/mol. The third kappa shape index (κ3) is 4.86. The SMILES string of the molecule is N=C(CCC(=O)O)c1nc2ccccc2n(C2C[C@H]3COC[C@@H](C2)N3C2CC3CCCCC(C3)C2)c1=O. The number of hydrogen-bond acceptors (Lipinski definition) is 6. The van der Waals surface area contributed by atoms with Gasteiger partial charge in [-0.3, -0.25) is 14.5 Å². The molecule has 2 aromatic rings. The highest BCUT2D eigenvalue weighted by molar-refractivity contribution is 5.98. The molecule has 0 amide bonds. The molecule has 2 saturated carbocycles. The maximum Gasteiger partial charge on any atom is 0.303 e. The van der Waals surface area contributed by atoms with Crippen molar-refractivity contribution < 1.29 is 14.6 Å². The highest BCUT2D eigenvalue weighted by atomic mass is 16.5. The van der Waals surface area contributed by atoms with Gasteiger partial charge in [-0.15, -0.1) is 0 Å². The van der Waals surface area contributed by atoms with Crippen LogP contribution in [0.2, 0.25) is 0 Å². The van der Waals surface area contributed by atoms with E-state index in [1.54, 1.807) is 0 Å². The molecule has 1 aromatic heterocycles. The van der Waals surface area contributed by atoms with E-state index in [2.05, 4.69) is 9.88 Å². The van der Waals surface area contributed by atoms with Gasteiger partial charge in [-0.1, -0.05) is 37.8 Å².